The third-order valence-corrected chi connectivity index (χ3v) is 4.42. The first-order chi connectivity index (χ1) is 10.5. The van der Waals surface area contributed by atoms with Crippen molar-refractivity contribution in [1.82, 2.24) is 5.32 Å². The minimum Gasteiger partial charge on any atom is -0.497 e. The SMILES string of the molecule is COc1ccc(C(C)CC(=O)NC2(C(=O)O)CCCC2)cc1. The average molecular weight is 305 g/mol. The third-order valence-electron chi connectivity index (χ3n) is 4.42. The molecule has 0 aromatic heterocycles. The molecule has 0 saturated heterocycles. The van der Waals surface area contributed by atoms with Gasteiger partial charge in [0.1, 0.15) is 11.3 Å². The second-order valence-corrected chi connectivity index (χ2v) is 6.02. The molecule has 5 heteroatoms. The molecule has 1 amide bonds. The number of carboxylic acid groups (broad SMARTS) is 1. The number of carbonyl (C=O) groups excluding carboxylic acids is 1. The molecule has 0 aliphatic heterocycles. The van der Waals surface area contributed by atoms with Gasteiger partial charge in [0.2, 0.25) is 5.91 Å². The van der Waals surface area contributed by atoms with Crippen molar-refractivity contribution in [2.75, 3.05) is 7.11 Å². The quantitative estimate of drug-likeness (QED) is 0.847. The predicted octanol–water partition coefficient (Wildman–Crippen LogP) is 2.70. The van der Waals surface area contributed by atoms with Crippen molar-refractivity contribution in [3.63, 3.8) is 0 Å². The number of hydrogen-bond acceptors (Lipinski definition) is 3. The van der Waals surface area contributed by atoms with Crippen LogP contribution in [0.5, 0.6) is 5.75 Å². The summed E-state index contributed by atoms with van der Waals surface area (Å²) >= 11 is 0. The van der Waals surface area contributed by atoms with E-state index in [1.807, 2.05) is 31.2 Å². The summed E-state index contributed by atoms with van der Waals surface area (Å²) < 4.78 is 5.11. The van der Waals surface area contributed by atoms with Crippen LogP contribution in [0.1, 0.15) is 50.5 Å². The number of carbonyl (C=O) groups is 2. The van der Waals surface area contributed by atoms with E-state index in [-0.39, 0.29) is 18.2 Å². The Morgan fingerprint density at radius 3 is 2.36 bits per heavy atom. The highest BCUT2D eigenvalue weighted by atomic mass is 16.5. The fraction of sp³-hybridized carbons (Fsp3) is 0.529. The van der Waals surface area contributed by atoms with Crippen molar-refractivity contribution in [2.24, 2.45) is 0 Å². The highest BCUT2D eigenvalue weighted by molar-refractivity contribution is 5.87. The highest BCUT2D eigenvalue weighted by Gasteiger charge is 2.42. The number of ether oxygens (including phenoxy) is 1. The molecule has 5 nitrogen and oxygen atoms in total. The van der Waals surface area contributed by atoms with Gasteiger partial charge >= 0.3 is 5.97 Å². The summed E-state index contributed by atoms with van der Waals surface area (Å²) in [7, 11) is 1.61. The number of hydrogen-bond donors (Lipinski definition) is 2. The van der Waals surface area contributed by atoms with Crippen LogP contribution >= 0.6 is 0 Å². The number of carboxylic acids is 1. The first-order valence-electron chi connectivity index (χ1n) is 7.65. The van der Waals surface area contributed by atoms with E-state index in [4.69, 9.17) is 4.74 Å². The number of aliphatic carboxylic acids is 1. The molecule has 0 heterocycles. The Kier molecular flexibility index (Phi) is 5.06. The zero-order valence-corrected chi connectivity index (χ0v) is 13.1. The van der Waals surface area contributed by atoms with Gasteiger partial charge in [0.25, 0.3) is 0 Å². The van der Waals surface area contributed by atoms with Gasteiger partial charge in [-0.25, -0.2) is 4.79 Å². The smallest absolute Gasteiger partial charge is 0.329 e. The second-order valence-electron chi connectivity index (χ2n) is 6.02. The number of methoxy groups -OCH3 is 1. The van der Waals surface area contributed by atoms with Crippen LogP contribution in [0.4, 0.5) is 0 Å². The molecule has 1 saturated carbocycles. The zero-order valence-electron chi connectivity index (χ0n) is 13.1. The van der Waals surface area contributed by atoms with E-state index < -0.39 is 11.5 Å². The summed E-state index contributed by atoms with van der Waals surface area (Å²) in [6.07, 6.45) is 3.01. The Morgan fingerprint density at radius 2 is 1.86 bits per heavy atom. The Labute approximate surface area is 130 Å². The molecule has 0 spiro atoms. The van der Waals surface area contributed by atoms with Gasteiger partial charge in [-0.3, -0.25) is 4.79 Å². The largest absolute Gasteiger partial charge is 0.497 e. The first-order valence-corrected chi connectivity index (χ1v) is 7.65. The molecule has 0 radical (unpaired) electrons. The number of amides is 1. The Hall–Kier alpha value is -2.04. The van der Waals surface area contributed by atoms with E-state index in [1.54, 1.807) is 7.11 Å². The van der Waals surface area contributed by atoms with Crippen molar-refractivity contribution in [3.8, 4) is 5.75 Å². The molecule has 120 valence electrons. The van der Waals surface area contributed by atoms with Gasteiger partial charge < -0.3 is 15.2 Å². The molecule has 1 aromatic rings. The Balaban J connectivity index is 1.97. The standard InChI is InChI=1S/C17H23NO4/c1-12(13-5-7-14(22-2)8-6-13)11-15(19)18-17(16(20)21)9-3-4-10-17/h5-8,12H,3-4,9-11H2,1-2H3,(H,18,19)(H,20,21). The maximum Gasteiger partial charge on any atom is 0.329 e. The van der Waals surface area contributed by atoms with Crippen molar-refractivity contribution >= 4 is 11.9 Å². The molecular formula is C17H23NO4. The number of rotatable bonds is 6. The molecule has 1 aliphatic carbocycles. The Morgan fingerprint density at radius 1 is 1.27 bits per heavy atom. The van der Waals surface area contributed by atoms with Crippen LogP contribution in [0.25, 0.3) is 0 Å². The molecule has 22 heavy (non-hydrogen) atoms. The van der Waals surface area contributed by atoms with E-state index in [2.05, 4.69) is 5.32 Å². The molecular weight excluding hydrogens is 282 g/mol. The van der Waals surface area contributed by atoms with Crippen molar-refractivity contribution in [1.29, 1.82) is 0 Å². The Bertz CT molecular complexity index is 532. The van der Waals surface area contributed by atoms with Crippen LogP contribution in [0.15, 0.2) is 24.3 Å². The van der Waals surface area contributed by atoms with E-state index in [1.165, 1.54) is 0 Å². The molecule has 1 atom stereocenters. The molecule has 2 rings (SSSR count). The predicted molar refractivity (Wildman–Crippen MR) is 83.0 cm³/mol. The molecule has 1 fully saturated rings. The molecule has 1 aromatic carbocycles. The van der Waals surface area contributed by atoms with Gasteiger partial charge in [0.05, 0.1) is 7.11 Å². The van der Waals surface area contributed by atoms with Crippen molar-refractivity contribution in [2.45, 2.75) is 50.5 Å². The fourth-order valence-corrected chi connectivity index (χ4v) is 3.02. The summed E-state index contributed by atoms with van der Waals surface area (Å²) in [6.45, 7) is 1.96. The van der Waals surface area contributed by atoms with Gasteiger partial charge in [0.15, 0.2) is 0 Å². The normalized spacial score (nSPS) is 17.7. The number of benzene rings is 1. The summed E-state index contributed by atoms with van der Waals surface area (Å²) in [5, 5.41) is 12.1. The van der Waals surface area contributed by atoms with Crippen LogP contribution < -0.4 is 10.1 Å². The molecule has 2 N–H and O–H groups in total. The van der Waals surface area contributed by atoms with Crippen LogP contribution in [0.3, 0.4) is 0 Å². The van der Waals surface area contributed by atoms with Crippen molar-refractivity contribution in [3.05, 3.63) is 29.8 Å². The second kappa shape index (κ2) is 6.81. The fourth-order valence-electron chi connectivity index (χ4n) is 3.02. The van der Waals surface area contributed by atoms with Gasteiger partial charge in [-0.05, 0) is 36.5 Å². The van der Waals surface area contributed by atoms with Crippen molar-refractivity contribution < 1.29 is 19.4 Å². The molecule has 0 bridgehead atoms. The monoisotopic (exact) mass is 305 g/mol. The minimum absolute atomic E-state index is 0.0261. The van der Waals surface area contributed by atoms with Crippen LogP contribution in [-0.4, -0.2) is 29.6 Å². The minimum atomic E-state index is -1.06. The lowest BCUT2D eigenvalue weighted by molar-refractivity contribution is -0.147. The maximum absolute atomic E-state index is 12.2. The van der Waals surface area contributed by atoms with E-state index in [0.717, 1.165) is 24.2 Å². The lowest BCUT2D eigenvalue weighted by Gasteiger charge is -2.26. The summed E-state index contributed by atoms with van der Waals surface area (Å²) in [4.78, 5) is 23.7. The summed E-state index contributed by atoms with van der Waals surface area (Å²) in [6, 6.07) is 7.58. The van der Waals surface area contributed by atoms with Gasteiger partial charge in [0, 0.05) is 6.42 Å². The first kappa shape index (κ1) is 16.3. The van der Waals surface area contributed by atoms with E-state index in [0.29, 0.717) is 12.8 Å². The lowest BCUT2D eigenvalue weighted by atomic mass is 9.94. The highest BCUT2D eigenvalue weighted by Crippen LogP contribution is 2.30. The average Bonchev–Trinajstić information content (AvgIpc) is 2.97. The van der Waals surface area contributed by atoms with Crippen LogP contribution in [-0.2, 0) is 9.59 Å². The van der Waals surface area contributed by atoms with E-state index in [9.17, 15) is 14.7 Å². The van der Waals surface area contributed by atoms with Gasteiger partial charge in [-0.15, -0.1) is 0 Å². The zero-order chi connectivity index (χ0) is 16.2. The topological polar surface area (TPSA) is 75.6 Å². The maximum atomic E-state index is 12.2. The van der Waals surface area contributed by atoms with Crippen LogP contribution in [0, 0.1) is 0 Å². The number of nitrogens with one attached hydrogen (secondary N) is 1. The molecule has 1 aliphatic rings. The third kappa shape index (κ3) is 3.59. The van der Waals surface area contributed by atoms with Crippen LogP contribution in [0.2, 0.25) is 0 Å². The van der Waals surface area contributed by atoms with E-state index >= 15 is 0 Å². The summed E-state index contributed by atoms with van der Waals surface area (Å²) in [5.74, 6) is -0.322. The summed E-state index contributed by atoms with van der Waals surface area (Å²) in [5.41, 5.74) is -0.0248. The van der Waals surface area contributed by atoms with Gasteiger partial charge in [-0.1, -0.05) is 31.9 Å². The van der Waals surface area contributed by atoms with Gasteiger partial charge in [-0.2, -0.15) is 0 Å². The molecule has 1 unspecified atom stereocenters. The lowest BCUT2D eigenvalue weighted by Crippen LogP contribution is -2.52.